The van der Waals surface area contributed by atoms with Crippen LogP contribution in [0.4, 0.5) is 0 Å². The third kappa shape index (κ3) is 2.26. The van der Waals surface area contributed by atoms with Gasteiger partial charge in [-0.1, -0.05) is 36.4 Å². The van der Waals surface area contributed by atoms with Crippen LogP contribution in [0.2, 0.25) is 0 Å². The molecule has 0 saturated heterocycles. The lowest BCUT2D eigenvalue weighted by Crippen LogP contribution is -1.94. The zero-order valence-corrected chi connectivity index (χ0v) is 14.5. The molecule has 0 radical (unpaired) electrons. The van der Waals surface area contributed by atoms with Crippen LogP contribution in [0.25, 0.3) is 33.2 Å². The van der Waals surface area contributed by atoms with Crippen LogP contribution in [-0.4, -0.2) is 9.97 Å². The Morgan fingerprint density at radius 1 is 0.458 bits per heavy atom. The van der Waals surface area contributed by atoms with Gasteiger partial charge in [0.05, 0.1) is 22.4 Å². The lowest BCUT2D eigenvalue weighted by Gasteiger charge is -2.10. The normalized spacial score (nSPS) is 11.3. The van der Waals surface area contributed by atoms with E-state index in [9.17, 15) is 0 Å². The standard InChI is InChI=1S/C22H20N2/c1-13-5-7-15(3)21-17(13)9-11-19(23-21)20-12-10-18-14(2)6-8-16(4)22(18)24-20/h5-12H,1-4H3. The molecule has 0 unspecified atom stereocenters. The summed E-state index contributed by atoms with van der Waals surface area (Å²) in [7, 11) is 0. The van der Waals surface area contributed by atoms with Crippen molar-refractivity contribution in [2.45, 2.75) is 27.7 Å². The molecule has 4 rings (SSSR count). The summed E-state index contributed by atoms with van der Waals surface area (Å²) in [6.45, 7) is 8.48. The maximum absolute atomic E-state index is 4.90. The van der Waals surface area contributed by atoms with Gasteiger partial charge < -0.3 is 0 Å². The zero-order valence-electron chi connectivity index (χ0n) is 14.5. The highest BCUT2D eigenvalue weighted by molar-refractivity contribution is 5.89. The number of aryl methyl sites for hydroxylation is 4. The first-order valence-electron chi connectivity index (χ1n) is 8.29. The molecule has 2 aromatic carbocycles. The van der Waals surface area contributed by atoms with E-state index in [2.05, 4.69) is 76.2 Å². The van der Waals surface area contributed by atoms with E-state index in [0.717, 1.165) is 22.4 Å². The Hall–Kier alpha value is -2.74. The second-order valence-corrected chi connectivity index (χ2v) is 6.58. The SMILES string of the molecule is Cc1ccc(C)c2nc(-c3ccc4c(C)ccc(C)c4n3)ccc12. The first-order valence-corrected chi connectivity index (χ1v) is 8.29. The summed E-state index contributed by atoms with van der Waals surface area (Å²) in [5.41, 5.74) is 8.90. The monoisotopic (exact) mass is 312 g/mol. The van der Waals surface area contributed by atoms with E-state index in [1.807, 2.05) is 0 Å². The maximum Gasteiger partial charge on any atom is 0.0894 e. The number of benzene rings is 2. The topological polar surface area (TPSA) is 25.8 Å². The van der Waals surface area contributed by atoms with Crippen LogP contribution in [0, 0.1) is 27.7 Å². The van der Waals surface area contributed by atoms with Crippen LogP contribution in [-0.2, 0) is 0 Å². The molecule has 0 amide bonds. The number of hydrogen-bond donors (Lipinski definition) is 0. The summed E-state index contributed by atoms with van der Waals surface area (Å²) >= 11 is 0. The molecular formula is C22H20N2. The lowest BCUT2D eigenvalue weighted by molar-refractivity contribution is 1.28. The Bertz CT molecular complexity index is 1000. The average molecular weight is 312 g/mol. The fourth-order valence-corrected chi connectivity index (χ4v) is 3.28. The van der Waals surface area contributed by atoms with E-state index in [1.54, 1.807) is 0 Å². The minimum Gasteiger partial charge on any atom is -0.246 e. The Morgan fingerprint density at radius 3 is 1.25 bits per heavy atom. The Morgan fingerprint density at radius 2 is 0.833 bits per heavy atom. The smallest absolute Gasteiger partial charge is 0.0894 e. The van der Waals surface area contributed by atoms with Crippen LogP contribution in [0.3, 0.4) is 0 Å². The number of fused-ring (bicyclic) bond motifs is 2. The molecule has 118 valence electrons. The first-order chi connectivity index (χ1) is 11.5. The van der Waals surface area contributed by atoms with E-state index in [-0.39, 0.29) is 0 Å². The summed E-state index contributed by atoms with van der Waals surface area (Å²) in [6, 6.07) is 17.1. The summed E-state index contributed by atoms with van der Waals surface area (Å²) in [5, 5.41) is 2.43. The van der Waals surface area contributed by atoms with Crippen LogP contribution in [0.1, 0.15) is 22.3 Å². The molecule has 2 aromatic heterocycles. The van der Waals surface area contributed by atoms with Gasteiger partial charge >= 0.3 is 0 Å². The first kappa shape index (κ1) is 14.8. The molecule has 0 bridgehead atoms. The lowest BCUT2D eigenvalue weighted by atomic mass is 10.0. The van der Waals surface area contributed by atoms with Gasteiger partial charge in [0.2, 0.25) is 0 Å². The van der Waals surface area contributed by atoms with E-state index >= 15 is 0 Å². The minimum atomic E-state index is 0.930. The predicted octanol–water partition coefficient (Wildman–Crippen LogP) is 5.68. The fourth-order valence-electron chi connectivity index (χ4n) is 3.28. The fraction of sp³-hybridized carbons (Fsp3) is 0.182. The molecule has 0 aliphatic heterocycles. The van der Waals surface area contributed by atoms with Gasteiger partial charge in [0, 0.05) is 10.8 Å². The van der Waals surface area contributed by atoms with Gasteiger partial charge in [-0.15, -0.1) is 0 Å². The maximum atomic E-state index is 4.90. The Balaban J connectivity index is 1.96. The molecule has 0 saturated carbocycles. The summed E-state index contributed by atoms with van der Waals surface area (Å²) in [6.07, 6.45) is 0. The molecule has 0 fully saturated rings. The van der Waals surface area contributed by atoms with Crippen LogP contribution >= 0.6 is 0 Å². The number of pyridine rings is 2. The van der Waals surface area contributed by atoms with Gasteiger partial charge in [-0.3, -0.25) is 0 Å². The number of rotatable bonds is 1. The molecular weight excluding hydrogens is 292 g/mol. The molecule has 4 aromatic rings. The Kier molecular flexibility index (Phi) is 3.34. The van der Waals surface area contributed by atoms with Gasteiger partial charge in [-0.05, 0) is 62.1 Å². The van der Waals surface area contributed by atoms with Crippen molar-refractivity contribution in [3.05, 3.63) is 70.8 Å². The number of nitrogens with zero attached hydrogens (tertiary/aromatic N) is 2. The highest BCUT2D eigenvalue weighted by Crippen LogP contribution is 2.27. The summed E-state index contributed by atoms with van der Waals surface area (Å²) in [5.74, 6) is 0. The second kappa shape index (κ2) is 5.41. The van der Waals surface area contributed by atoms with Crippen molar-refractivity contribution in [2.24, 2.45) is 0 Å². The minimum absolute atomic E-state index is 0.930. The molecule has 0 aliphatic carbocycles. The highest BCUT2D eigenvalue weighted by atomic mass is 14.8. The highest BCUT2D eigenvalue weighted by Gasteiger charge is 2.09. The quantitative estimate of drug-likeness (QED) is 0.451. The van der Waals surface area contributed by atoms with Crippen molar-refractivity contribution >= 4 is 21.8 Å². The third-order valence-electron chi connectivity index (χ3n) is 4.82. The van der Waals surface area contributed by atoms with E-state index < -0.39 is 0 Å². The van der Waals surface area contributed by atoms with E-state index in [1.165, 1.54) is 33.0 Å². The van der Waals surface area contributed by atoms with Crippen molar-refractivity contribution in [3.63, 3.8) is 0 Å². The van der Waals surface area contributed by atoms with Crippen molar-refractivity contribution in [1.82, 2.24) is 9.97 Å². The molecule has 0 atom stereocenters. The molecule has 0 spiro atoms. The second-order valence-electron chi connectivity index (χ2n) is 6.58. The van der Waals surface area contributed by atoms with Crippen LogP contribution in [0.15, 0.2) is 48.5 Å². The molecule has 2 heterocycles. The van der Waals surface area contributed by atoms with Crippen LogP contribution < -0.4 is 0 Å². The number of hydrogen-bond acceptors (Lipinski definition) is 2. The van der Waals surface area contributed by atoms with Gasteiger partial charge in [-0.2, -0.15) is 0 Å². The van der Waals surface area contributed by atoms with Crippen molar-refractivity contribution in [2.75, 3.05) is 0 Å². The number of aromatic nitrogens is 2. The van der Waals surface area contributed by atoms with Crippen molar-refractivity contribution in [3.8, 4) is 11.4 Å². The predicted molar refractivity (Wildman–Crippen MR) is 101 cm³/mol. The molecule has 2 nitrogen and oxygen atoms in total. The van der Waals surface area contributed by atoms with E-state index in [4.69, 9.17) is 9.97 Å². The zero-order chi connectivity index (χ0) is 16.8. The van der Waals surface area contributed by atoms with E-state index in [0.29, 0.717) is 0 Å². The van der Waals surface area contributed by atoms with Gasteiger partial charge in [0.1, 0.15) is 0 Å². The average Bonchev–Trinajstić information content (AvgIpc) is 2.61. The van der Waals surface area contributed by atoms with Gasteiger partial charge in [0.15, 0.2) is 0 Å². The molecule has 0 aliphatic rings. The molecule has 2 heteroatoms. The molecule has 0 N–H and O–H groups in total. The largest absolute Gasteiger partial charge is 0.246 e. The summed E-state index contributed by atoms with van der Waals surface area (Å²) in [4.78, 5) is 9.80. The third-order valence-corrected chi connectivity index (χ3v) is 4.82. The van der Waals surface area contributed by atoms with Crippen molar-refractivity contribution in [1.29, 1.82) is 0 Å². The van der Waals surface area contributed by atoms with Gasteiger partial charge in [0.25, 0.3) is 0 Å². The molecule has 24 heavy (non-hydrogen) atoms. The van der Waals surface area contributed by atoms with Crippen molar-refractivity contribution < 1.29 is 0 Å². The van der Waals surface area contributed by atoms with Gasteiger partial charge in [-0.25, -0.2) is 9.97 Å². The van der Waals surface area contributed by atoms with Crippen LogP contribution in [0.5, 0.6) is 0 Å². The summed E-state index contributed by atoms with van der Waals surface area (Å²) < 4.78 is 0. The Labute approximate surface area is 142 Å².